The van der Waals surface area contributed by atoms with Crippen molar-refractivity contribution in [2.24, 2.45) is 5.10 Å². The fraction of sp³-hybridized carbons (Fsp3) is 0.250. The Morgan fingerprint density at radius 1 is 1.19 bits per heavy atom. The second kappa shape index (κ2) is 8.29. The van der Waals surface area contributed by atoms with Crippen LogP contribution in [0.4, 0.5) is 0 Å². The number of rotatable bonds is 7. The molecule has 3 aromatic rings. The molecule has 0 aliphatic heterocycles. The fourth-order valence-electron chi connectivity index (χ4n) is 2.48. The van der Waals surface area contributed by atoms with Crippen LogP contribution in [0.2, 0.25) is 0 Å². The van der Waals surface area contributed by atoms with Crippen molar-refractivity contribution >= 4 is 17.1 Å². The molecule has 6 heteroatoms. The van der Waals surface area contributed by atoms with E-state index in [0.717, 1.165) is 18.4 Å². The molecule has 0 bridgehead atoms. The Morgan fingerprint density at radius 3 is 2.85 bits per heavy atom. The van der Waals surface area contributed by atoms with E-state index in [1.807, 2.05) is 30.3 Å². The van der Waals surface area contributed by atoms with E-state index < -0.39 is 0 Å². The van der Waals surface area contributed by atoms with Crippen molar-refractivity contribution in [1.29, 1.82) is 0 Å². The smallest absolute Gasteiger partial charge is 0.281 e. The van der Waals surface area contributed by atoms with Crippen LogP contribution in [0.25, 0.3) is 10.9 Å². The number of fused-ring (bicyclic) bond motifs is 1. The highest BCUT2D eigenvalue weighted by Crippen LogP contribution is 2.27. The quantitative estimate of drug-likeness (QED) is 0.483. The van der Waals surface area contributed by atoms with Crippen LogP contribution in [0.1, 0.15) is 25.3 Å². The highest BCUT2D eigenvalue weighted by atomic mass is 16.5. The zero-order chi connectivity index (χ0) is 18.4. The number of methoxy groups -OCH3 is 1. The van der Waals surface area contributed by atoms with Gasteiger partial charge in [-0.05, 0) is 42.3 Å². The Morgan fingerprint density at radius 2 is 2.04 bits per heavy atom. The normalized spacial score (nSPS) is 11.2. The average Bonchev–Trinajstić information content (AvgIpc) is 2.68. The van der Waals surface area contributed by atoms with Crippen LogP contribution >= 0.6 is 0 Å². The third-order valence-corrected chi connectivity index (χ3v) is 3.92. The summed E-state index contributed by atoms with van der Waals surface area (Å²) in [5, 5.41) is 4.76. The van der Waals surface area contributed by atoms with Gasteiger partial charge in [0.1, 0.15) is 6.33 Å². The van der Waals surface area contributed by atoms with Crippen molar-refractivity contribution in [1.82, 2.24) is 9.66 Å². The van der Waals surface area contributed by atoms with Crippen LogP contribution in [0.5, 0.6) is 11.5 Å². The molecule has 0 amide bonds. The predicted octanol–water partition coefficient (Wildman–Crippen LogP) is 3.47. The second-order valence-corrected chi connectivity index (χ2v) is 5.77. The molecule has 0 unspecified atom stereocenters. The summed E-state index contributed by atoms with van der Waals surface area (Å²) in [6.45, 7) is 2.77. The minimum Gasteiger partial charge on any atom is -0.493 e. The molecular weight excluding hydrogens is 330 g/mol. The molecule has 0 saturated heterocycles. The van der Waals surface area contributed by atoms with Gasteiger partial charge in [0.2, 0.25) is 0 Å². The van der Waals surface area contributed by atoms with Gasteiger partial charge in [-0.1, -0.05) is 25.5 Å². The summed E-state index contributed by atoms with van der Waals surface area (Å²) in [7, 11) is 1.60. The lowest BCUT2D eigenvalue weighted by atomic mass is 10.2. The van der Waals surface area contributed by atoms with Crippen molar-refractivity contribution in [2.75, 3.05) is 13.7 Å². The van der Waals surface area contributed by atoms with Gasteiger partial charge >= 0.3 is 0 Å². The molecule has 0 aliphatic rings. The lowest BCUT2D eigenvalue weighted by Crippen LogP contribution is -2.16. The van der Waals surface area contributed by atoms with Crippen LogP contribution in [0, 0.1) is 0 Å². The number of nitrogens with zero attached hydrogens (tertiary/aromatic N) is 3. The molecule has 0 aliphatic carbocycles. The molecule has 0 N–H and O–H groups in total. The summed E-state index contributed by atoms with van der Waals surface area (Å²) in [5.74, 6) is 1.33. The first-order chi connectivity index (χ1) is 12.7. The zero-order valence-corrected chi connectivity index (χ0v) is 14.9. The van der Waals surface area contributed by atoms with Gasteiger partial charge in [-0.3, -0.25) is 4.79 Å². The van der Waals surface area contributed by atoms with E-state index in [-0.39, 0.29) is 5.56 Å². The number of hydrogen-bond donors (Lipinski definition) is 0. The van der Waals surface area contributed by atoms with E-state index in [9.17, 15) is 4.79 Å². The maximum atomic E-state index is 12.4. The van der Waals surface area contributed by atoms with Crippen molar-refractivity contribution in [3.05, 3.63) is 64.7 Å². The van der Waals surface area contributed by atoms with Crippen molar-refractivity contribution in [3.8, 4) is 11.5 Å². The molecule has 0 radical (unpaired) electrons. The SMILES string of the molecule is CCCCOc1ccc(/C=N/n2cnc3ccccc3c2=O)cc1OC. The first-order valence-corrected chi connectivity index (χ1v) is 8.54. The van der Waals surface area contributed by atoms with E-state index >= 15 is 0 Å². The van der Waals surface area contributed by atoms with Crippen LogP contribution in [-0.4, -0.2) is 29.6 Å². The highest BCUT2D eigenvalue weighted by Gasteiger charge is 2.05. The predicted molar refractivity (Wildman–Crippen MR) is 102 cm³/mol. The van der Waals surface area contributed by atoms with Crippen LogP contribution in [0.15, 0.2) is 58.7 Å². The number of aromatic nitrogens is 2. The second-order valence-electron chi connectivity index (χ2n) is 5.77. The molecule has 3 rings (SSSR count). The van der Waals surface area contributed by atoms with Crippen LogP contribution in [-0.2, 0) is 0 Å². The average molecular weight is 351 g/mol. The summed E-state index contributed by atoms with van der Waals surface area (Å²) < 4.78 is 12.3. The Hall–Kier alpha value is -3.15. The van der Waals surface area contributed by atoms with E-state index in [4.69, 9.17) is 9.47 Å². The Labute approximate surface area is 151 Å². The van der Waals surface area contributed by atoms with Gasteiger partial charge in [-0.2, -0.15) is 9.78 Å². The summed E-state index contributed by atoms with van der Waals surface area (Å²) in [4.78, 5) is 16.7. The highest BCUT2D eigenvalue weighted by molar-refractivity contribution is 5.81. The molecule has 1 heterocycles. The third-order valence-electron chi connectivity index (χ3n) is 3.92. The summed E-state index contributed by atoms with van der Waals surface area (Å²) in [6.07, 6.45) is 5.07. The first-order valence-electron chi connectivity index (χ1n) is 8.54. The minimum absolute atomic E-state index is 0.210. The van der Waals surface area contributed by atoms with E-state index in [0.29, 0.717) is 29.0 Å². The lowest BCUT2D eigenvalue weighted by Gasteiger charge is -2.10. The van der Waals surface area contributed by atoms with E-state index in [1.165, 1.54) is 11.0 Å². The van der Waals surface area contributed by atoms with Crippen molar-refractivity contribution < 1.29 is 9.47 Å². The van der Waals surface area contributed by atoms with Crippen LogP contribution < -0.4 is 15.0 Å². The standard InChI is InChI=1S/C20H21N3O3/c1-3-4-11-26-18-10-9-15(12-19(18)25-2)13-22-23-14-21-17-8-6-5-7-16(17)20(23)24/h5-10,12-14H,3-4,11H2,1-2H3/b22-13+. The molecule has 0 fully saturated rings. The topological polar surface area (TPSA) is 65.7 Å². The van der Waals surface area contributed by atoms with Gasteiger partial charge in [0.25, 0.3) is 5.56 Å². The zero-order valence-electron chi connectivity index (χ0n) is 14.9. The van der Waals surface area contributed by atoms with Gasteiger partial charge < -0.3 is 9.47 Å². The summed E-state index contributed by atoms with van der Waals surface area (Å²) >= 11 is 0. The Kier molecular flexibility index (Phi) is 5.63. The maximum Gasteiger partial charge on any atom is 0.281 e. The molecule has 26 heavy (non-hydrogen) atoms. The van der Waals surface area contributed by atoms with Gasteiger partial charge in [0.05, 0.1) is 30.8 Å². The number of para-hydroxylation sites is 1. The number of benzene rings is 2. The first kappa shape index (κ1) is 17.7. The van der Waals surface area contributed by atoms with Gasteiger partial charge in [-0.15, -0.1) is 0 Å². The maximum absolute atomic E-state index is 12.4. The molecular formula is C20H21N3O3. The molecule has 0 spiro atoms. The number of ether oxygens (including phenoxy) is 2. The number of unbranched alkanes of at least 4 members (excludes halogenated alkanes) is 1. The molecule has 134 valence electrons. The van der Waals surface area contributed by atoms with Gasteiger partial charge in [0.15, 0.2) is 11.5 Å². The molecule has 0 saturated carbocycles. The van der Waals surface area contributed by atoms with Crippen LogP contribution in [0.3, 0.4) is 0 Å². The minimum atomic E-state index is -0.210. The molecule has 2 aromatic carbocycles. The number of hydrogen-bond acceptors (Lipinski definition) is 5. The Balaban J connectivity index is 1.84. The molecule has 0 atom stereocenters. The lowest BCUT2D eigenvalue weighted by molar-refractivity contribution is 0.288. The molecule has 6 nitrogen and oxygen atoms in total. The summed E-state index contributed by atoms with van der Waals surface area (Å²) in [6, 6.07) is 12.7. The van der Waals surface area contributed by atoms with Gasteiger partial charge in [-0.25, -0.2) is 4.98 Å². The van der Waals surface area contributed by atoms with Crippen molar-refractivity contribution in [3.63, 3.8) is 0 Å². The monoisotopic (exact) mass is 351 g/mol. The van der Waals surface area contributed by atoms with Crippen molar-refractivity contribution in [2.45, 2.75) is 19.8 Å². The third kappa shape index (κ3) is 3.91. The molecule has 1 aromatic heterocycles. The van der Waals surface area contributed by atoms with Gasteiger partial charge in [0, 0.05) is 0 Å². The summed E-state index contributed by atoms with van der Waals surface area (Å²) in [5.41, 5.74) is 1.24. The van der Waals surface area contributed by atoms with E-state index in [2.05, 4.69) is 17.0 Å². The Bertz CT molecular complexity index is 979. The van der Waals surface area contributed by atoms with E-state index in [1.54, 1.807) is 25.5 Å². The fourth-order valence-corrected chi connectivity index (χ4v) is 2.48. The largest absolute Gasteiger partial charge is 0.493 e.